The van der Waals surface area contributed by atoms with Gasteiger partial charge in [0.15, 0.2) is 0 Å². The summed E-state index contributed by atoms with van der Waals surface area (Å²) in [6.07, 6.45) is 2.11. The van der Waals surface area contributed by atoms with Crippen LogP contribution >= 0.6 is 0 Å². The van der Waals surface area contributed by atoms with Gasteiger partial charge in [0.2, 0.25) is 0 Å². The fraction of sp³-hybridized carbons (Fsp3) is 0.409. The Kier molecular flexibility index (Phi) is 4.92. The van der Waals surface area contributed by atoms with Crippen molar-refractivity contribution in [3.05, 3.63) is 59.7 Å². The second kappa shape index (κ2) is 7.51. The van der Waals surface area contributed by atoms with Gasteiger partial charge >= 0.3 is 6.09 Å². The number of benzene rings is 2. The summed E-state index contributed by atoms with van der Waals surface area (Å²) in [7, 11) is 1.66. The van der Waals surface area contributed by atoms with Gasteiger partial charge in [0.25, 0.3) is 0 Å². The van der Waals surface area contributed by atoms with E-state index in [9.17, 15) is 4.79 Å². The van der Waals surface area contributed by atoms with Gasteiger partial charge in [0.1, 0.15) is 12.4 Å². The largest absolute Gasteiger partial charge is 0.497 e. The average molecular weight is 366 g/mol. The van der Waals surface area contributed by atoms with Crippen LogP contribution in [0.3, 0.4) is 0 Å². The number of carbonyl (C=O) groups excluding carboxylic acids is 1. The van der Waals surface area contributed by atoms with E-state index in [1.54, 1.807) is 7.11 Å². The molecular formula is C22H26N2O3. The van der Waals surface area contributed by atoms with E-state index in [4.69, 9.17) is 9.47 Å². The van der Waals surface area contributed by atoms with Crippen LogP contribution in [0, 0.1) is 11.8 Å². The summed E-state index contributed by atoms with van der Waals surface area (Å²) in [5, 5.41) is 6.78. The molecule has 5 heteroatoms. The second-order valence-corrected chi connectivity index (χ2v) is 7.50. The molecule has 0 unspecified atom stereocenters. The summed E-state index contributed by atoms with van der Waals surface area (Å²) in [6, 6.07) is 16.0. The molecule has 1 fully saturated rings. The molecule has 5 nitrogen and oxygen atoms in total. The number of fused-ring (bicyclic) bond motifs is 1. The molecule has 1 amide bonds. The minimum Gasteiger partial charge on any atom is -0.497 e. The van der Waals surface area contributed by atoms with Crippen LogP contribution < -0.4 is 15.4 Å². The number of carbonyl (C=O) groups is 1. The lowest BCUT2D eigenvalue weighted by Gasteiger charge is -2.39. The zero-order valence-corrected chi connectivity index (χ0v) is 15.8. The van der Waals surface area contributed by atoms with Crippen LogP contribution in [0.15, 0.2) is 48.5 Å². The van der Waals surface area contributed by atoms with Crippen LogP contribution in [0.1, 0.15) is 36.9 Å². The molecule has 27 heavy (non-hydrogen) atoms. The van der Waals surface area contributed by atoms with Gasteiger partial charge in [-0.2, -0.15) is 0 Å². The second-order valence-electron chi connectivity index (χ2n) is 7.50. The number of anilines is 1. The summed E-state index contributed by atoms with van der Waals surface area (Å²) in [5.41, 5.74) is 3.10. The highest BCUT2D eigenvalue weighted by molar-refractivity contribution is 5.70. The highest BCUT2D eigenvalue weighted by Gasteiger charge is 2.42. The molecule has 142 valence electrons. The normalized spacial score (nSPS) is 23.7. The lowest BCUT2D eigenvalue weighted by Crippen LogP contribution is -2.45. The van der Waals surface area contributed by atoms with Crippen LogP contribution in [0.25, 0.3) is 0 Å². The molecule has 0 saturated heterocycles. The quantitative estimate of drug-likeness (QED) is 0.818. The van der Waals surface area contributed by atoms with Crippen LogP contribution in [0.4, 0.5) is 10.5 Å². The number of ether oxygens (including phenoxy) is 2. The molecular weight excluding hydrogens is 340 g/mol. The van der Waals surface area contributed by atoms with E-state index < -0.39 is 0 Å². The monoisotopic (exact) mass is 366 g/mol. The first-order chi connectivity index (χ1) is 13.2. The Balaban J connectivity index is 1.51. The summed E-state index contributed by atoms with van der Waals surface area (Å²) < 4.78 is 10.8. The number of amides is 1. The lowest BCUT2D eigenvalue weighted by atomic mass is 9.81. The molecule has 3 atom stereocenters. The summed E-state index contributed by atoms with van der Waals surface area (Å²) in [6.45, 7) is 2.46. The molecule has 0 bridgehead atoms. The number of alkyl carbamates (subject to hydrolysis) is 1. The Bertz CT molecular complexity index is 804. The van der Waals surface area contributed by atoms with E-state index in [0.717, 1.165) is 22.6 Å². The number of hydrogen-bond donors (Lipinski definition) is 2. The van der Waals surface area contributed by atoms with Gasteiger partial charge in [-0.25, -0.2) is 4.79 Å². The Labute approximate surface area is 160 Å². The maximum Gasteiger partial charge on any atom is 0.407 e. The standard InChI is InChI=1S/C22H26N2O3/c1-14-20(16-8-9-16)23-19-11-10-17(26-2)12-18(19)21(14)24-22(25)27-13-15-6-4-3-5-7-15/h3-7,10-12,14,16,20-21,23H,8-9,13H2,1-2H3,(H,24,25)/t14-,20+,21+/m0/s1. The van der Waals surface area contributed by atoms with Crippen molar-refractivity contribution in [1.82, 2.24) is 5.32 Å². The van der Waals surface area contributed by atoms with Gasteiger partial charge in [0, 0.05) is 23.2 Å². The van der Waals surface area contributed by atoms with Gasteiger partial charge in [-0.3, -0.25) is 0 Å². The van der Waals surface area contributed by atoms with Crippen LogP contribution in [0.2, 0.25) is 0 Å². The van der Waals surface area contributed by atoms with Crippen molar-refractivity contribution in [1.29, 1.82) is 0 Å². The van der Waals surface area contributed by atoms with Crippen molar-refractivity contribution in [2.24, 2.45) is 11.8 Å². The number of hydrogen-bond acceptors (Lipinski definition) is 4. The first-order valence-electron chi connectivity index (χ1n) is 9.57. The van der Waals surface area contributed by atoms with E-state index >= 15 is 0 Å². The topological polar surface area (TPSA) is 59.6 Å². The Morgan fingerprint density at radius 3 is 2.67 bits per heavy atom. The zero-order chi connectivity index (χ0) is 18.8. The van der Waals surface area contributed by atoms with E-state index in [-0.39, 0.29) is 24.7 Å². The third-order valence-electron chi connectivity index (χ3n) is 5.62. The van der Waals surface area contributed by atoms with E-state index in [2.05, 4.69) is 17.6 Å². The minimum atomic E-state index is -0.388. The highest BCUT2D eigenvalue weighted by atomic mass is 16.5. The predicted octanol–water partition coefficient (Wildman–Crippen LogP) is 4.50. The molecule has 4 rings (SSSR count). The zero-order valence-electron chi connectivity index (χ0n) is 15.8. The lowest BCUT2D eigenvalue weighted by molar-refractivity contribution is 0.130. The summed E-state index contributed by atoms with van der Waals surface area (Å²) in [5.74, 6) is 1.73. The Morgan fingerprint density at radius 2 is 1.96 bits per heavy atom. The number of methoxy groups -OCH3 is 1. The first kappa shape index (κ1) is 17.7. The molecule has 2 aromatic carbocycles. The molecule has 2 N–H and O–H groups in total. The van der Waals surface area contributed by atoms with Gasteiger partial charge in [-0.15, -0.1) is 0 Å². The number of nitrogens with one attached hydrogen (secondary N) is 2. The van der Waals surface area contributed by atoms with E-state index in [1.807, 2.05) is 48.5 Å². The van der Waals surface area contributed by atoms with Gasteiger partial charge in [-0.1, -0.05) is 37.3 Å². The minimum absolute atomic E-state index is 0.106. The van der Waals surface area contributed by atoms with Gasteiger partial charge in [-0.05, 0) is 42.5 Å². The Hall–Kier alpha value is -2.69. The fourth-order valence-corrected chi connectivity index (χ4v) is 3.96. The summed E-state index contributed by atoms with van der Waals surface area (Å²) in [4.78, 5) is 12.5. The molecule has 2 aliphatic rings. The van der Waals surface area contributed by atoms with Crippen LogP contribution in [-0.4, -0.2) is 19.2 Å². The average Bonchev–Trinajstić information content (AvgIpc) is 3.54. The SMILES string of the molecule is COc1ccc2c(c1)[C@H](NC(=O)OCc1ccccc1)[C@@H](C)[C@H](C1CC1)N2. The van der Waals surface area contributed by atoms with Crippen molar-refractivity contribution >= 4 is 11.8 Å². The molecule has 0 aromatic heterocycles. The van der Waals surface area contributed by atoms with Gasteiger partial charge < -0.3 is 20.1 Å². The van der Waals surface area contributed by atoms with Crippen molar-refractivity contribution in [3.63, 3.8) is 0 Å². The first-order valence-corrected chi connectivity index (χ1v) is 9.57. The maximum absolute atomic E-state index is 12.5. The third-order valence-corrected chi connectivity index (χ3v) is 5.62. The summed E-state index contributed by atoms with van der Waals surface area (Å²) >= 11 is 0. The molecule has 0 spiro atoms. The smallest absolute Gasteiger partial charge is 0.407 e. The molecule has 1 aliphatic heterocycles. The molecule has 1 aliphatic carbocycles. The number of rotatable bonds is 5. The van der Waals surface area contributed by atoms with Crippen LogP contribution in [-0.2, 0) is 11.3 Å². The van der Waals surface area contributed by atoms with Crippen LogP contribution in [0.5, 0.6) is 5.75 Å². The van der Waals surface area contributed by atoms with Crippen molar-refractivity contribution in [2.45, 2.75) is 38.5 Å². The molecule has 1 heterocycles. The third kappa shape index (κ3) is 3.87. The predicted molar refractivity (Wildman–Crippen MR) is 105 cm³/mol. The van der Waals surface area contributed by atoms with E-state index in [1.165, 1.54) is 12.8 Å². The molecule has 1 saturated carbocycles. The van der Waals surface area contributed by atoms with Gasteiger partial charge in [0.05, 0.1) is 13.2 Å². The Morgan fingerprint density at radius 1 is 1.19 bits per heavy atom. The van der Waals surface area contributed by atoms with Crippen molar-refractivity contribution in [2.75, 3.05) is 12.4 Å². The molecule has 2 aromatic rings. The van der Waals surface area contributed by atoms with Crippen molar-refractivity contribution in [3.8, 4) is 5.75 Å². The maximum atomic E-state index is 12.5. The fourth-order valence-electron chi connectivity index (χ4n) is 3.96. The van der Waals surface area contributed by atoms with Crippen molar-refractivity contribution < 1.29 is 14.3 Å². The highest BCUT2D eigenvalue weighted by Crippen LogP contribution is 2.46. The molecule has 0 radical (unpaired) electrons. The van der Waals surface area contributed by atoms with E-state index in [0.29, 0.717) is 12.0 Å².